The second-order valence-corrected chi connectivity index (χ2v) is 6.79. The number of benzene rings is 2. The maximum atomic E-state index is 12.1. The Balaban J connectivity index is 1.95. The Morgan fingerprint density at radius 3 is 1.90 bits per heavy atom. The molecule has 30 heavy (non-hydrogen) atoms. The van der Waals surface area contributed by atoms with E-state index >= 15 is 0 Å². The first-order valence-corrected chi connectivity index (χ1v) is 9.18. The van der Waals surface area contributed by atoms with Crippen LogP contribution in [0.1, 0.15) is 17.5 Å². The molecule has 0 aliphatic carbocycles. The van der Waals surface area contributed by atoms with Crippen LogP contribution in [0.4, 0.5) is 0 Å². The number of hydrogen-bond donors (Lipinski definition) is 2. The van der Waals surface area contributed by atoms with Crippen LogP contribution in [0.3, 0.4) is 0 Å². The van der Waals surface area contributed by atoms with Crippen LogP contribution >= 0.6 is 0 Å². The molecule has 2 N–H and O–H groups in total. The molecule has 158 valence electrons. The summed E-state index contributed by atoms with van der Waals surface area (Å²) in [6.07, 6.45) is 5.47. The average Bonchev–Trinajstić information content (AvgIpc) is 2.71. The molecule has 0 radical (unpaired) electrons. The summed E-state index contributed by atoms with van der Waals surface area (Å²) in [5.74, 6) is -0.0838. The number of aromatic hydroxyl groups is 2. The average molecular weight is 411 g/mol. The van der Waals surface area contributed by atoms with Crippen LogP contribution in [0.2, 0.25) is 0 Å². The molecule has 0 amide bonds. The molecule has 0 bridgehead atoms. The summed E-state index contributed by atoms with van der Waals surface area (Å²) in [7, 11) is 5.11. The first-order valence-electron chi connectivity index (χ1n) is 9.18. The van der Waals surface area contributed by atoms with Crippen molar-refractivity contribution in [1.82, 2.24) is 4.90 Å². The van der Waals surface area contributed by atoms with E-state index in [-0.39, 0.29) is 29.5 Å². The molecule has 7 nitrogen and oxygen atoms in total. The lowest BCUT2D eigenvalue weighted by molar-refractivity contribution is -0.121. The standard InChI is InChI=1S/C23H25NO6/c1-24(2)15-30-23-13-17(7-11-21(23)28)5-9-19(26)14-18(25)8-4-16-6-10-20(27)22(12-16)29-3/h4-13,27-28H,14-15H2,1-3H3/b8-4+,9-5+. The van der Waals surface area contributed by atoms with Crippen LogP contribution < -0.4 is 9.47 Å². The zero-order valence-electron chi connectivity index (χ0n) is 17.2. The number of nitrogens with zero attached hydrogens (tertiary/aromatic N) is 1. The van der Waals surface area contributed by atoms with E-state index in [9.17, 15) is 19.8 Å². The summed E-state index contributed by atoms with van der Waals surface area (Å²) in [5, 5.41) is 19.4. The van der Waals surface area contributed by atoms with E-state index in [0.717, 1.165) is 0 Å². The lowest BCUT2D eigenvalue weighted by Crippen LogP contribution is -2.18. The molecule has 0 aromatic heterocycles. The third-order valence-electron chi connectivity index (χ3n) is 3.94. The topological polar surface area (TPSA) is 96.3 Å². The van der Waals surface area contributed by atoms with Crippen LogP contribution in [0.5, 0.6) is 23.0 Å². The Kier molecular flexibility index (Phi) is 8.19. The molecule has 2 aromatic rings. The highest BCUT2D eigenvalue weighted by Crippen LogP contribution is 2.28. The van der Waals surface area contributed by atoms with Crippen molar-refractivity contribution < 1.29 is 29.3 Å². The Bertz CT molecular complexity index is 962. The van der Waals surface area contributed by atoms with Crippen LogP contribution in [0, 0.1) is 0 Å². The van der Waals surface area contributed by atoms with Gasteiger partial charge < -0.3 is 19.7 Å². The molecule has 0 atom stereocenters. The van der Waals surface area contributed by atoms with Gasteiger partial charge in [-0.1, -0.05) is 24.3 Å². The van der Waals surface area contributed by atoms with E-state index < -0.39 is 0 Å². The molecule has 2 aromatic carbocycles. The van der Waals surface area contributed by atoms with Crippen molar-refractivity contribution >= 4 is 23.7 Å². The number of ketones is 2. The highest BCUT2D eigenvalue weighted by Gasteiger charge is 2.07. The van der Waals surface area contributed by atoms with Gasteiger partial charge in [0.15, 0.2) is 34.6 Å². The summed E-state index contributed by atoms with van der Waals surface area (Å²) in [5.41, 5.74) is 1.32. The second kappa shape index (κ2) is 10.8. The molecule has 0 spiro atoms. The zero-order chi connectivity index (χ0) is 22.1. The second-order valence-electron chi connectivity index (χ2n) is 6.79. The first kappa shape index (κ1) is 22.7. The van der Waals surface area contributed by atoms with Crippen LogP contribution in [0.15, 0.2) is 48.6 Å². The van der Waals surface area contributed by atoms with E-state index in [1.165, 1.54) is 31.4 Å². The number of methoxy groups -OCH3 is 1. The summed E-state index contributed by atoms with van der Waals surface area (Å²) in [6, 6.07) is 9.41. The maximum absolute atomic E-state index is 12.1. The largest absolute Gasteiger partial charge is 0.504 e. The molecule has 0 fully saturated rings. The minimum Gasteiger partial charge on any atom is -0.504 e. The van der Waals surface area contributed by atoms with Gasteiger partial charge in [-0.3, -0.25) is 14.5 Å². The SMILES string of the molecule is COc1cc(/C=C/C(=O)CC(=O)/C=C/c2ccc(O)c(OCN(C)C)c2)ccc1O. The van der Waals surface area contributed by atoms with Crippen molar-refractivity contribution in [3.05, 3.63) is 59.7 Å². The number of ether oxygens (including phenoxy) is 2. The fourth-order valence-electron chi connectivity index (χ4n) is 2.41. The molecular formula is C23H25NO6. The number of phenols is 2. The number of carbonyl (C=O) groups is 2. The van der Waals surface area contributed by atoms with E-state index in [1.807, 2.05) is 14.1 Å². The minimum atomic E-state index is -0.350. The van der Waals surface area contributed by atoms with Gasteiger partial charge in [0.05, 0.1) is 13.5 Å². The molecule has 0 saturated heterocycles. The lowest BCUT2D eigenvalue weighted by atomic mass is 10.1. The van der Waals surface area contributed by atoms with Gasteiger partial charge in [0.2, 0.25) is 0 Å². The van der Waals surface area contributed by atoms with Crippen LogP contribution in [-0.4, -0.2) is 54.6 Å². The first-order chi connectivity index (χ1) is 14.3. The van der Waals surface area contributed by atoms with Gasteiger partial charge in [-0.2, -0.15) is 0 Å². The minimum absolute atomic E-state index is 0.00536. The molecule has 0 aliphatic rings. The Morgan fingerprint density at radius 1 is 0.900 bits per heavy atom. The van der Waals surface area contributed by atoms with Gasteiger partial charge in [-0.05, 0) is 61.6 Å². The van der Waals surface area contributed by atoms with Crippen molar-refractivity contribution in [3.8, 4) is 23.0 Å². The van der Waals surface area contributed by atoms with Crippen molar-refractivity contribution in [1.29, 1.82) is 0 Å². The molecular weight excluding hydrogens is 386 g/mol. The van der Waals surface area contributed by atoms with Gasteiger partial charge in [-0.25, -0.2) is 0 Å². The monoisotopic (exact) mass is 411 g/mol. The van der Waals surface area contributed by atoms with E-state index in [4.69, 9.17) is 9.47 Å². The Hall–Kier alpha value is -3.58. The quantitative estimate of drug-likeness (QED) is 0.352. The predicted octanol–water partition coefficient (Wildman–Crippen LogP) is 3.26. The van der Waals surface area contributed by atoms with Crippen molar-refractivity contribution in [2.45, 2.75) is 6.42 Å². The number of allylic oxidation sites excluding steroid dienone is 2. The van der Waals surface area contributed by atoms with Gasteiger partial charge in [0.25, 0.3) is 0 Å². The highest BCUT2D eigenvalue weighted by atomic mass is 16.5. The summed E-state index contributed by atoms with van der Waals surface area (Å²) in [4.78, 5) is 25.9. The normalized spacial score (nSPS) is 11.3. The van der Waals surface area contributed by atoms with E-state index in [1.54, 1.807) is 41.3 Å². The van der Waals surface area contributed by atoms with Crippen molar-refractivity contribution in [3.63, 3.8) is 0 Å². The number of hydrogen-bond acceptors (Lipinski definition) is 7. The van der Waals surface area contributed by atoms with Crippen molar-refractivity contribution in [2.24, 2.45) is 0 Å². The number of rotatable bonds is 10. The maximum Gasteiger partial charge on any atom is 0.163 e. The number of phenolic OH excluding ortho intramolecular Hbond substituents is 2. The molecule has 7 heteroatoms. The summed E-state index contributed by atoms with van der Waals surface area (Å²) in [6.45, 7) is 0.299. The molecule has 0 saturated carbocycles. The summed E-state index contributed by atoms with van der Waals surface area (Å²) < 4.78 is 10.5. The fraction of sp³-hybridized carbons (Fsp3) is 0.217. The summed E-state index contributed by atoms with van der Waals surface area (Å²) >= 11 is 0. The zero-order valence-corrected chi connectivity index (χ0v) is 17.2. The van der Waals surface area contributed by atoms with Gasteiger partial charge in [-0.15, -0.1) is 0 Å². The third-order valence-corrected chi connectivity index (χ3v) is 3.94. The fourth-order valence-corrected chi connectivity index (χ4v) is 2.41. The van der Waals surface area contributed by atoms with Crippen LogP contribution in [0.25, 0.3) is 12.2 Å². The van der Waals surface area contributed by atoms with E-state index in [0.29, 0.717) is 29.4 Å². The Labute approximate surface area is 175 Å². The smallest absolute Gasteiger partial charge is 0.163 e. The molecule has 0 aliphatic heterocycles. The molecule has 0 unspecified atom stereocenters. The van der Waals surface area contributed by atoms with Crippen LogP contribution in [-0.2, 0) is 9.59 Å². The highest BCUT2D eigenvalue weighted by molar-refractivity contribution is 6.10. The molecule has 2 rings (SSSR count). The van der Waals surface area contributed by atoms with Gasteiger partial charge in [0.1, 0.15) is 6.73 Å². The lowest BCUT2D eigenvalue weighted by Gasteiger charge is -2.13. The van der Waals surface area contributed by atoms with E-state index in [2.05, 4.69) is 0 Å². The predicted molar refractivity (Wildman–Crippen MR) is 115 cm³/mol. The van der Waals surface area contributed by atoms with Crippen molar-refractivity contribution in [2.75, 3.05) is 27.9 Å². The van der Waals surface area contributed by atoms with Gasteiger partial charge >= 0.3 is 0 Å². The van der Waals surface area contributed by atoms with Gasteiger partial charge in [0, 0.05) is 0 Å². The Morgan fingerprint density at radius 2 is 1.40 bits per heavy atom. The number of carbonyl (C=O) groups excluding carboxylic acids is 2. The third kappa shape index (κ3) is 7.10. The molecule has 0 heterocycles.